The lowest BCUT2D eigenvalue weighted by molar-refractivity contribution is 0.102. The van der Waals surface area contributed by atoms with Gasteiger partial charge in [-0.1, -0.05) is 23.2 Å². The normalized spacial score (nSPS) is 10.7. The molecule has 0 amide bonds. The number of nitrogens with one attached hydrogen (secondary N) is 1. The molecule has 2 aromatic rings. The number of ketones is 1. The Morgan fingerprint density at radius 2 is 1.95 bits per heavy atom. The van der Waals surface area contributed by atoms with Gasteiger partial charge in [-0.25, -0.2) is 0 Å². The number of carbonyl (C=O) groups is 1. The largest absolute Gasteiger partial charge is 0.362 e. The fraction of sp³-hybridized carbons (Fsp3) is 0.214. The Labute approximate surface area is 126 Å². The van der Waals surface area contributed by atoms with E-state index in [1.54, 1.807) is 12.1 Å². The molecule has 5 heteroatoms. The molecule has 1 aromatic heterocycles. The van der Waals surface area contributed by atoms with E-state index in [1.165, 1.54) is 11.8 Å². The summed E-state index contributed by atoms with van der Waals surface area (Å²) in [6.45, 7) is 3.85. The number of rotatable bonds is 4. The highest BCUT2D eigenvalue weighted by Gasteiger charge is 2.12. The number of halogens is 2. The lowest BCUT2D eigenvalue weighted by Crippen LogP contribution is -2.02. The van der Waals surface area contributed by atoms with Crippen LogP contribution in [0.1, 0.15) is 21.7 Å². The van der Waals surface area contributed by atoms with Crippen molar-refractivity contribution in [3.8, 4) is 0 Å². The Morgan fingerprint density at radius 3 is 2.53 bits per heavy atom. The molecule has 19 heavy (non-hydrogen) atoms. The van der Waals surface area contributed by atoms with Crippen LogP contribution < -0.4 is 0 Å². The molecule has 0 atom stereocenters. The summed E-state index contributed by atoms with van der Waals surface area (Å²) in [5.74, 6) is 0.494. The first-order chi connectivity index (χ1) is 8.97. The van der Waals surface area contributed by atoms with Gasteiger partial charge in [-0.2, -0.15) is 0 Å². The van der Waals surface area contributed by atoms with Crippen molar-refractivity contribution in [1.82, 2.24) is 4.98 Å². The van der Waals surface area contributed by atoms with E-state index in [-0.39, 0.29) is 5.78 Å². The molecule has 1 heterocycles. The molecule has 0 fully saturated rings. The second kappa shape index (κ2) is 6.04. The number of benzene rings is 1. The summed E-state index contributed by atoms with van der Waals surface area (Å²) in [4.78, 5) is 16.2. The van der Waals surface area contributed by atoms with E-state index >= 15 is 0 Å². The highest BCUT2D eigenvalue weighted by Crippen LogP contribution is 2.28. The van der Waals surface area contributed by atoms with Crippen LogP contribution in [0.25, 0.3) is 0 Å². The highest BCUT2D eigenvalue weighted by atomic mass is 35.5. The molecule has 0 unspecified atom stereocenters. The number of aryl methyl sites for hydroxylation is 2. The van der Waals surface area contributed by atoms with Crippen LogP contribution in [0.15, 0.2) is 29.2 Å². The molecule has 1 aromatic carbocycles. The van der Waals surface area contributed by atoms with Crippen LogP contribution in [0.2, 0.25) is 10.0 Å². The van der Waals surface area contributed by atoms with E-state index in [0.717, 1.165) is 21.8 Å². The number of hydrogen-bond acceptors (Lipinski definition) is 2. The van der Waals surface area contributed by atoms with Crippen LogP contribution in [0.4, 0.5) is 0 Å². The smallest absolute Gasteiger partial charge is 0.174 e. The van der Waals surface area contributed by atoms with Crippen LogP contribution in [0.3, 0.4) is 0 Å². The summed E-state index contributed by atoms with van der Waals surface area (Å²) < 4.78 is 0. The van der Waals surface area contributed by atoms with Crippen molar-refractivity contribution in [1.29, 1.82) is 0 Å². The Balaban J connectivity index is 2.04. The monoisotopic (exact) mass is 313 g/mol. The van der Waals surface area contributed by atoms with Gasteiger partial charge in [0.25, 0.3) is 0 Å². The summed E-state index contributed by atoms with van der Waals surface area (Å²) in [6.07, 6.45) is 0. The van der Waals surface area contributed by atoms with Gasteiger partial charge in [-0.3, -0.25) is 4.79 Å². The second-order valence-corrected chi connectivity index (χ2v) is 6.14. The van der Waals surface area contributed by atoms with Crippen molar-refractivity contribution in [3.05, 3.63) is 51.3 Å². The van der Waals surface area contributed by atoms with Crippen molar-refractivity contribution in [2.24, 2.45) is 0 Å². The van der Waals surface area contributed by atoms with Gasteiger partial charge < -0.3 is 4.98 Å². The van der Waals surface area contributed by atoms with E-state index in [9.17, 15) is 4.79 Å². The average Bonchev–Trinajstić information content (AvgIpc) is 2.70. The fourth-order valence-electron chi connectivity index (χ4n) is 1.81. The maximum atomic E-state index is 12.1. The van der Waals surface area contributed by atoms with Gasteiger partial charge in [0.1, 0.15) is 0 Å². The van der Waals surface area contributed by atoms with E-state index in [0.29, 0.717) is 15.8 Å². The molecule has 0 radical (unpaired) electrons. The third-order valence-corrected chi connectivity index (χ3v) is 4.44. The maximum absolute atomic E-state index is 12.1. The number of thioether (sulfide) groups is 1. The van der Waals surface area contributed by atoms with E-state index < -0.39 is 0 Å². The van der Waals surface area contributed by atoms with Gasteiger partial charge >= 0.3 is 0 Å². The first-order valence-electron chi connectivity index (χ1n) is 5.74. The van der Waals surface area contributed by atoms with Crippen molar-refractivity contribution in [3.63, 3.8) is 0 Å². The topological polar surface area (TPSA) is 32.9 Å². The number of H-pyrrole nitrogens is 1. The molecule has 0 aliphatic rings. The summed E-state index contributed by atoms with van der Waals surface area (Å²) in [5, 5.41) is 1.03. The number of Topliss-reactive ketones (excluding diaryl/α,β-unsaturated/α-hetero) is 1. The molecule has 0 aliphatic heterocycles. The Hall–Kier alpha value is -0.900. The molecule has 1 N–H and O–H groups in total. The van der Waals surface area contributed by atoms with Gasteiger partial charge in [-0.15, -0.1) is 11.8 Å². The molecule has 0 saturated heterocycles. The third-order valence-electron chi connectivity index (χ3n) is 2.71. The van der Waals surface area contributed by atoms with Gasteiger partial charge in [0.05, 0.1) is 15.8 Å². The third kappa shape index (κ3) is 3.56. The van der Waals surface area contributed by atoms with E-state index in [2.05, 4.69) is 4.98 Å². The summed E-state index contributed by atoms with van der Waals surface area (Å²) in [7, 11) is 0. The molecule has 0 saturated carbocycles. The minimum atomic E-state index is 0.109. The Kier molecular flexibility index (Phi) is 4.61. The van der Waals surface area contributed by atoms with Crippen LogP contribution >= 0.6 is 35.0 Å². The Morgan fingerprint density at radius 1 is 1.21 bits per heavy atom. The molecule has 0 spiro atoms. The first-order valence-corrected chi connectivity index (χ1v) is 7.49. The molecule has 2 nitrogen and oxygen atoms in total. The van der Waals surface area contributed by atoms with Crippen LogP contribution in [-0.4, -0.2) is 16.5 Å². The zero-order valence-corrected chi connectivity index (χ0v) is 12.9. The standard InChI is InChI=1S/C14H13Cl2NOS/c1-8-5-11(9(2)17-8)14(18)7-19-10-3-4-12(15)13(16)6-10/h3-6,17H,7H2,1-2H3. The lowest BCUT2D eigenvalue weighted by Gasteiger charge is -2.03. The highest BCUT2D eigenvalue weighted by molar-refractivity contribution is 8.00. The first kappa shape index (κ1) is 14.5. The van der Waals surface area contributed by atoms with Crippen molar-refractivity contribution in [2.75, 3.05) is 5.75 Å². The zero-order chi connectivity index (χ0) is 14.0. The number of hydrogen-bond donors (Lipinski definition) is 1. The van der Waals surface area contributed by atoms with Gasteiger partial charge in [0.15, 0.2) is 5.78 Å². The fourth-order valence-corrected chi connectivity index (χ4v) is 2.99. The summed E-state index contributed by atoms with van der Waals surface area (Å²) >= 11 is 13.2. The minimum absolute atomic E-state index is 0.109. The number of aromatic nitrogens is 1. The quantitative estimate of drug-likeness (QED) is 0.642. The zero-order valence-electron chi connectivity index (χ0n) is 10.6. The van der Waals surface area contributed by atoms with Crippen LogP contribution in [0, 0.1) is 13.8 Å². The number of aromatic amines is 1. The molecular weight excluding hydrogens is 301 g/mol. The van der Waals surface area contributed by atoms with Gasteiger partial charge in [0.2, 0.25) is 0 Å². The average molecular weight is 314 g/mol. The van der Waals surface area contributed by atoms with Gasteiger partial charge in [-0.05, 0) is 38.1 Å². The minimum Gasteiger partial charge on any atom is -0.362 e. The number of carbonyl (C=O) groups excluding carboxylic acids is 1. The molecule has 0 aliphatic carbocycles. The second-order valence-electron chi connectivity index (χ2n) is 4.28. The van der Waals surface area contributed by atoms with Crippen molar-refractivity contribution >= 4 is 40.7 Å². The van der Waals surface area contributed by atoms with Crippen LogP contribution in [0.5, 0.6) is 0 Å². The molecule has 100 valence electrons. The predicted octanol–water partition coefficient (Wildman–Crippen LogP) is 4.91. The molecule has 2 rings (SSSR count). The molecular formula is C14H13Cl2NOS. The lowest BCUT2D eigenvalue weighted by atomic mass is 10.2. The maximum Gasteiger partial charge on any atom is 0.174 e. The van der Waals surface area contributed by atoms with Gasteiger partial charge in [0, 0.05) is 21.8 Å². The van der Waals surface area contributed by atoms with Crippen LogP contribution in [-0.2, 0) is 0 Å². The van der Waals surface area contributed by atoms with E-state index in [4.69, 9.17) is 23.2 Å². The van der Waals surface area contributed by atoms with Crippen molar-refractivity contribution in [2.45, 2.75) is 18.7 Å². The molecule has 0 bridgehead atoms. The Bertz CT molecular complexity index is 622. The predicted molar refractivity (Wildman–Crippen MR) is 81.8 cm³/mol. The van der Waals surface area contributed by atoms with Crippen molar-refractivity contribution < 1.29 is 4.79 Å². The SMILES string of the molecule is Cc1cc(C(=O)CSc2ccc(Cl)c(Cl)c2)c(C)[nH]1. The summed E-state index contributed by atoms with van der Waals surface area (Å²) in [5.41, 5.74) is 2.67. The van der Waals surface area contributed by atoms with E-state index in [1.807, 2.05) is 26.0 Å². The summed E-state index contributed by atoms with van der Waals surface area (Å²) in [6, 6.07) is 7.26.